The van der Waals surface area contributed by atoms with Gasteiger partial charge in [0.25, 0.3) is 0 Å². The molecule has 0 aliphatic rings. The minimum atomic E-state index is -0.440. The zero-order valence-corrected chi connectivity index (χ0v) is 12.9. The summed E-state index contributed by atoms with van der Waals surface area (Å²) < 4.78 is 14.4. The molecule has 1 nitrogen and oxygen atoms in total. The van der Waals surface area contributed by atoms with E-state index >= 15 is 0 Å². The molecule has 0 saturated heterocycles. The summed E-state index contributed by atoms with van der Waals surface area (Å²) in [5.74, 6) is -0.440. The molecule has 0 atom stereocenters. The van der Waals surface area contributed by atoms with E-state index in [1.807, 2.05) is 0 Å². The molecule has 0 aliphatic heterocycles. The zero-order chi connectivity index (χ0) is 14.1. The summed E-state index contributed by atoms with van der Waals surface area (Å²) >= 11 is 9.02. The van der Waals surface area contributed by atoms with Crippen LogP contribution in [0.1, 0.15) is 25.3 Å². The molecule has 0 unspecified atom stereocenters. The molecule has 0 aromatic heterocycles. The molecule has 0 spiro atoms. The molecule has 0 heterocycles. The smallest absolute Gasteiger partial charge is 0.152 e. The molecule has 0 fully saturated rings. The van der Waals surface area contributed by atoms with Crippen LogP contribution in [0, 0.1) is 5.82 Å². The highest BCUT2D eigenvalue weighted by atomic mass is 79.9. The number of halogens is 3. The fourth-order valence-electron chi connectivity index (χ4n) is 1.31. The van der Waals surface area contributed by atoms with Crippen LogP contribution in [0.3, 0.4) is 0 Å². The lowest BCUT2D eigenvalue weighted by Crippen LogP contribution is -2.14. The van der Waals surface area contributed by atoms with Gasteiger partial charge in [-0.1, -0.05) is 31.5 Å². The maximum Gasteiger partial charge on any atom is 0.152 e. The molecule has 0 aliphatic carbocycles. The summed E-state index contributed by atoms with van der Waals surface area (Å²) in [5.41, 5.74) is 0.962. The van der Waals surface area contributed by atoms with Crippen molar-refractivity contribution in [3.8, 4) is 0 Å². The first kappa shape index (κ1) is 17.2. The maximum absolute atomic E-state index is 13.8. The lowest BCUT2D eigenvalue weighted by molar-refractivity contribution is 0.620. The number of hydrogen-bond donors (Lipinski definition) is 1. The lowest BCUT2D eigenvalue weighted by atomic mass is 10.1. The minimum Gasteiger partial charge on any atom is -0.385 e. The van der Waals surface area contributed by atoms with E-state index in [-0.39, 0.29) is 5.02 Å². The molecule has 1 rings (SSSR count). The van der Waals surface area contributed by atoms with Crippen LogP contribution in [0.2, 0.25) is 5.02 Å². The summed E-state index contributed by atoms with van der Waals surface area (Å²) in [6.07, 6.45) is 2.11. The molecule has 1 aromatic rings. The minimum absolute atomic E-state index is 0.108. The second kappa shape index (κ2) is 9.17. The summed E-state index contributed by atoms with van der Waals surface area (Å²) in [6.45, 7) is 12.7. The van der Waals surface area contributed by atoms with Crippen LogP contribution in [-0.4, -0.2) is 6.54 Å². The first-order chi connectivity index (χ1) is 8.57. The van der Waals surface area contributed by atoms with E-state index in [0.29, 0.717) is 15.7 Å². The topological polar surface area (TPSA) is 12.0 Å². The van der Waals surface area contributed by atoms with Crippen molar-refractivity contribution in [2.45, 2.75) is 19.8 Å². The van der Waals surface area contributed by atoms with Gasteiger partial charge in [0.05, 0.1) is 5.02 Å². The van der Waals surface area contributed by atoms with E-state index in [0.717, 1.165) is 19.4 Å². The lowest BCUT2D eigenvalue weighted by Gasteiger charge is -2.12. The molecular weight excluding hydrogens is 317 g/mol. The average molecular weight is 335 g/mol. The fourth-order valence-corrected chi connectivity index (χ4v) is 2.01. The number of benzene rings is 1. The molecule has 0 saturated carbocycles. The van der Waals surface area contributed by atoms with E-state index in [1.165, 1.54) is 6.07 Å². The van der Waals surface area contributed by atoms with Crippen molar-refractivity contribution >= 4 is 33.2 Å². The SMILES string of the molecule is C=C.C=C(NCCCC)c1c(Br)ccc(Cl)c1F. The predicted molar refractivity (Wildman–Crippen MR) is 82.3 cm³/mol. The Hall–Kier alpha value is -0.800. The van der Waals surface area contributed by atoms with Crippen molar-refractivity contribution in [2.24, 2.45) is 0 Å². The van der Waals surface area contributed by atoms with Crippen LogP contribution < -0.4 is 5.32 Å². The first-order valence-electron chi connectivity index (χ1n) is 5.64. The van der Waals surface area contributed by atoms with Crippen LogP contribution >= 0.6 is 27.5 Å². The first-order valence-corrected chi connectivity index (χ1v) is 6.81. The van der Waals surface area contributed by atoms with Crippen LogP contribution in [-0.2, 0) is 0 Å². The van der Waals surface area contributed by atoms with Gasteiger partial charge in [0.2, 0.25) is 0 Å². The predicted octanol–water partition coefficient (Wildman–Crippen LogP) is 5.40. The number of nitrogens with one attached hydrogen (secondary N) is 1. The van der Waals surface area contributed by atoms with Crippen molar-refractivity contribution in [1.29, 1.82) is 0 Å². The van der Waals surface area contributed by atoms with Gasteiger partial charge in [-0.3, -0.25) is 0 Å². The van der Waals surface area contributed by atoms with Gasteiger partial charge in [0.15, 0.2) is 5.82 Å². The van der Waals surface area contributed by atoms with Crippen LogP contribution in [0.5, 0.6) is 0 Å². The summed E-state index contributed by atoms with van der Waals surface area (Å²) in [4.78, 5) is 0. The average Bonchev–Trinajstić information content (AvgIpc) is 2.37. The highest BCUT2D eigenvalue weighted by molar-refractivity contribution is 9.10. The van der Waals surface area contributed by atoms with E-state index in [2.05, 4.69) is 47.9 Å². The van der Waals surface area contributed by atoms with E-state index in [4.69, 9.17) is 11.6 Å². The largest absolute Gasteiger partial charge is 0.385 e. The molecule has 0 radical (unpaired) electrons. The third kappa shape index (κ3) is 4.83. The summed E-state index contributed by atoms with van der Waals surface area (Å²) in [5, 5.41) is 3.19. The maximum atomic E-state index is 13.8. The Bertz CT molecular complexity index is 407. The number of unbranched alkanes of at least 4 members (excludes halogenated alkanes) is 1. The van der Waals surface area contributed by atoms with Crippen LogP contribution in [0.4, 0.5) is 4.39 Å². The van der Waals surface area contributed by atoms with Gasteiger partial charge >= 0.3 is 0 Å². The fraction of sp³-hybridized carbons (Fsp3) is 0.286. The standard InChI is InChI=1S/C12H14BrClFN.C2H4/c1-3-4-7-16-8(2)11-9(13)5-6-10(14)12(11)15;1-2/h5-6,16H,2-4,7H2,1H3;1-2H2. The Morgan fingerprint density at radius 3 is 2.61 bits per heavy atom. The second-order valence-corrected chi connectivity index (χ2v) is 4.74. The van der Waals surface area contributed by atoms with E-state index in [1.54, 1.807) is 6.07 Å². The monoisotopic (exact) mass is 333 g/mol. The zero-order valence-electron chi connectivity index (χ0n) is 10.5. The highest BCUT2D eigenvalue weighted by Crippen LogP contribution is 2.29. The van der Waals surface area contributed by atoms with Crippen LogP contribution in [0.15, 0.2) is 36.3 Å². The van der Waals surface area contributed by atoms with Crippen molar-refractivity contribution in [1.82, 2.24) is 5.32 Å². The quantitative estimate of drug-likeness (QED) is 0.431. The van der Waals surface area contributed by atoms with Crippen molar-refractivity contribution in [3.63, 3.8) is 0 Å². The van der Waals surface area contributed by atoms with Gasteiger partial charge < -0.3 is 5.32 Å². The Morgan fingerprint density at radius 2 is 2.06 bits per heavy atom. The van der Waals surface area contributed by atoms with Gasteiger partial charge in [-0.15, -0.1) is 13.2 Å². The summed E-state index contributed by atoms with van der Waals surface area (Å²) in [6, 6.07) is 3.23. The molecule has 0 amide bonds. The van der Waals surface area contributed by atoms with E-state index < -0.39 is 5.82 Å². The van der Waals surface area contributed by atoms with Gasteiger partial charge in [-0.2, -0.15) is 0 Å². The normalized spacial score (nSPS) is 9.33. The molecule has 1 aromatic carbocycles. The van der Waals surface area contributed by atoms with Crippen molar-refractivity contribution in [3.05, 3.63) is 52.7 Å². The molecule has 0 bridgehead atoms. The molecule has 1 N–H and O–H groups in total. The highest BCUT2D eigenvalue weighted by Gasteiger charge is 2.13. The third-order valence-electron chi connectivity index (χ3n) is 2.21. The third-order valence-corrected chi connectivity index (χ3v) is 3.17. The molecule has 4 heteroatoms. The Labute approximate surface area is 122 Å². The second-order valence-electron chi connectivity index (χ2n) is 3.48. The van der Waals surface area contributed by atoms with Crippen molar-refractivity contribution < 1.29 is 4.39 Å². The van der Waals surface area contributed by atoms with Gasteiger partial charge in [-0.05, 0) is 34.5 Å². The van der Waals surface area contributed by atoms with Gasteiger partial charge in [-0.25, -0.2) is 4.39 Å². The Morgan fingerprint density at radius 1 is 1.44 bits per heavy atom. The van der Waals surface area contributed by atoms with Gasteiger partial charge in [0.1, 0.15) is 0 Å². The van der Waals surface area contributed by atoms with Crippen LogP contribution in [0.25, 0.3) is 5.70 Å². The van der Waals surface area contributed by atoms with Crippen molar-refractivity contribution in [2.75, 3.05) is 6.54 Å². The summed E-state index contributed by atoms with van der Waals surface area (Å²) in [7, 11) is 0. The molecule has 18 heavy (non-hydrogen) atoms. The molecule has 100 valence electrons. The number of rotatable bonds is 5. The Balaban J connectivity index is 0.00000137. The van der Waals surface area contributed by atoms with E-state index in [9.17, 15) is 4.39 Å². The number of hydrogen-bond acceptors (Lipinski definition) is 1. The molecular formula is C14H18BrClFN. The Kier molecular flexibility index (Phi) is 8.77. The van der Waals surface area contributed by atoms with Gasteiger partial charge in [0, 0.05) is 22.3 Å².